The summed E-state index contributed by atoms with van der Waals surface area (Å²) in [5.74, 6) is -0.349. The number of nitrogens with two attached hydrogens (primary N) is 1. The first-order chi connectivity index (χ1) is 8.70. The van der Waals surface area contributed by atoms with E-state index in [0.29, 0.717) is 12.1 Å². The van der Waals surface area contributed by atoms with E-state index in [-0.39, 0.29) is 11.8 Å². The molecule has 3 aliphatic rings. The van der Waals surface area contributed by atoms with Gasteiger partial charge in [-0.2, -0.15) is 0 Å². The summed E-state index contributed by atoms with van der Waals surface area (Å²) in [7, 11) is 0. The van der Waals surface area contributed by atoms with Crippen LogP contribution in [0.4, 0.5) is 0 Å². The van der Waals surface area contributed by atoms with Gasteiger partial charge >= 0.3 is 0 Å². The Kier molecular flexibility index (Phi) is 3.60. The second-order valence-electron chi connectivity index (χ2n) is 5.74. The molecule has 0 aromatic rings. The highest BCUT2D eigenvalue weighted by atomic mass is 16.7. The van der Waals surface area contributed by atoms with Gasteiger partial charge in [0, 0.05) is 37.5 Å². The van der Waals surface area contributed by atoms with Crippen molar-refractivity contribution in [3.05, 3.63) is 0 Å². The number of hydrogen-bond donors (Lipinski definition) is 1. The largest absolute Gasteiger partial charge is 0.379 e. The third-order valence-electron chi connectivity index (χ3n) is 4.53. The van der Waals surface area contributed by atoms with E-state index in [4.69, 9.17) is 19.9 Å². The van der Waals surface area contributed by atoms with E-state index in [1.807, 2.05) is 0 Å². The highest BCUT2D eigenvalue weighted by Gasteiger charge is 2.46. The molecule has 3 atom stereocenters. The molecule has 2 N–H and O–H groups in total. The van der Waals surface area contributed by atoms with Crippen LogP contribution in [0, 0.1) is 0 Å². The van der Waals surface area contributed by atoms with Crippen molar-refractivity contribution in [3.8, 4) is 0 Å². The van der Waals surface area contributed by atoms with Crippen LogP contribution in [0.5, 0.6) is 0 Å². The van der Waals surface area contributed by atoms with Gasteiger partial charge in [0.15, 0.2) is 5.79 Å². The fraction of sp³-hybridized carbons (Fsp3) is 1.00. The van der Waals surface area contributed by atoms with Gasteiger partial charge in [0.05, 0.1) is 26.4 Å². The standard InChI is InChI=1S/C13H24N2O3/c1-10-9-16-5-4-15(10)12-8-13(3-2-11(12)14)17-6-7-18-13/h10-12H,2-9,14H2,1H3. The molecule has 18 heavy (non-hydrogen) atoms. The number of hydrogen-bond acceptors (Lipinski definition) is 5. The van der Waals surface area contributed by atoms with Crippen LogP contribution in [0.15, 0.2) is 0 Å². The van der Waals surface area contributed by atoms with Crippen LogP contribution in [0.2, 0.25) is 0 Å². The number of nitrogens with zero attached hydrogens (tertiary/aromatic N) is 1. The van der Waals surface area contributed by atoms with Gasteiger partial charge in [-0.25, -0.2) is 0 Å². The molecule has 2 aliphatic heterocycles. The van der Waals surface area contributed by atoms with Crippen molar-refractivity contribution in [2.75, 3.05) is 33.0 Å². The second kappa shape index (κ2) is 5.06. The fourth-order valence-electron chi connectivity index (χ4n) is 3.51. The highest BCUT2D eigenvalue weighted by molar-refractivity contribution is 4.96. The third-order valence-corrected chi connectivity index (χ3v) is 4.53. The van der Waals surface area contributed by atoms with Crippen molar-refractivity contribution in [1.29, 1.82) is 0 Å². The molecule has 1 aliphatic carbocycles. The molecule has 0 bridgehead atoms. The predicted molar refractivity (Wildman–Crippen MR) is 67.2 cm³/mol. The predicted octanol–water partition coefficient (Wildman–Crippen LogP) is 0.330. The van der Waals surface area contributed by atoms with Crippen LogP contribution in [-0.2, 0) is 14.2 Å². The molecule has 3 rings (SSSR count). The number of rotatable bonds is 1. The molecule has 5 heteroatoms. The molecule has 3 unspecified atom stereocenters. The molecular weight excluding hydrogens is 232 g/mol. The van der Waals surface area contributed by atoms with E-state index in [1.165, 1.54) is 0 Å². The van der Waals surface area contributed by atoms with Crippen LogP contribution in [0.3, 0.4) is 0 Å². The van der Waals surface area contributed by atoms with Crippen LogP contribution < -0.4 is 5.73 Å². The lowest BCUT2D eigenvalue weighted by molar-refractivity contribution is -0.197. The summed E-state index contributed by atoms with van der Waals surface area (Å²) < 4.78 is 17.2. The van der Waals surface area contributed by atoms with Gasteiger partial charge in [-0.1, -0.05) is 0 Å². The first-order valence-electron chi connectivity index (χ1n) is 7.07. The zero-order valence-corrected chi connectivity index (χ0v) is 11.1. The molecule has 104 valence electrons. The quantitative estimate of drug-likeness (QED) is 0.733. The molecule has 1 spiro atoms. The monoisotopic (exact) mass is 256 g/mol. The molecule has 5 nitrogen and oxygen atoms in total. The van der Waals surface area contributed by atoms with E-state index < -0.39 is 0 Å². The Morgan fingerprint density at radius 3 is 2.72 bits per heavy atom. The van der Waals surface area contributed by atoms with Gasteiger partial charge in [-0.3, -0.25) is 4.90 Å². The zero-order valence-electron chi connectivity index (χ0n) is 11.1. The van der Waals surface area contributed by atoms with Gasteiger partial charge in [-0.05, 0) is 13.3 Å². The lowest BCUT2D eigenvalue weighted by Crippen LogP contribution is -2.60. The van der Waals surface area contributed by atoms with E-state index >= 15 is 0 Å². The minimum atomic E-state index is -0.349. The Morgan fingerprint density at radius 2 is 2.00 bits per heavy atom. The summed E-state index contributed by atoms with van der Waals surface area (Å²) in [6.45, 7) is 6.24. The van der Waals surface area contributed by atoms with Crippen LogP contribution in [-0.4, -0.2) is 61.8 Å². The van der Waals surface area contributed by atoms with E-state index in [0.717, 1.165) is 52.2 Å². The summed E-state index contributed by atoms with van der Waals surface area (Å²) in [6, 6.07) is 1.02. The molecule has 0 amide bonds. The minimum absolute atomic E-state index is 0.226. The maximum Gasteiger partial charge on any atom is 0.170 e. The van der Waals surface area contributed by atoms with Crippen LogP contribution in [0.25, 0.3) is 0 Å². The molecule has 0 radical (unpaired) electrons. The summed E-state index contributed by atoms with van der Waals surface area (Å²) in [4.78, 5) is 2.49. The van der Waals surface area contributed by atoms with Gasteiger partial charge in [0.2, 0.25) is 0 Å². The molecule has 3 fully saturated rings. The molecule has 0 aromatic carbocycles. The van der Waals surface area contributed by atoms with E-state index in [1.54, 1.807) is 0 Å². The Hall–Kier alpha value is -0.200. The molecule has 0 aromatic heterocycles. The van der Waals surface area contributed by atoms with E-state index in [9.17, 15) is 0 Å². The van der Waals surface area contributed by atoms with Gasteiger partial charge < -0.3 is 19.9 Å². The Labute approximate surface area is 109 Å². The van der Waals surface area contributed by atoms with Crippen molar-refractivity contribution in [2.45, 2.75) is 50.1 Å². The Bertz CT molecular complexity index is 294. The smallest absolute Gasteiger partial charge is 0.170 e. The summed E-state index contributed by atoms with van der Waals surface area (Å²) in [6.07, 6.45) is 2.82. The molecule has 2 heterocycles. The normalized spacial score (nSPS) is 41.3. The van der Waals surface area contributed by atoms with Crippen LogP contribution in [0.1, 0.15) is 26.2 Å². The molecule has 2 saturated heterocycles. The lowest BCUT2D eigenvalue weighted by Gasteiger charge is -2.48. The van der Waals surface area contributed by atoms with Crippen LogP contribution >= 0.6 is 0 Å². The van der Waals surface area contributed by atoms with Gasteiger partial charge in [-0.15, -0.1) is 0 Å². The SMILES string of the molecule is CC1COCCN1C1CC2(CCC1N)OCCO2. The molecule has 1 saturated carbocycles. The van der Waals surface area contributed by atoms with Gasteiger partial charge in [0.25, 0.3) is 0 Å². The second-order valence-corrected chi connectivity index (χ2v) is 5.74. The third kappa shape index (κ3) is 2.30. The van der Waals surface area contributed by atoms with Gasteiger partial charge in [0.1, 0.15) is 0 Å². The van der Waals surface area contributed by atoms with Crippen molar-refractivity contribution < 1.29 is 14.2 Å². The maximum atomic E-state index is 6.33. The first kappa shape index (κ1) is 12.8. The topological polar surface area (TPSA) is 57.0 Å². The summed E-state index contributed by atoms with van der Waals surface area (Å²) >= 11 is 0. The Morgan fingerprint density at radius 1 is 1.22 bits per heavy atom. The lowest BCUT2D eigenvalue weighted by atomic mass is 9.84. The number of ether oxygens (including phenoxy) is 3. The average Bonchev–Trinajstić information content (AvgIpc) is 2.82. The fourth-order valence-corrected chi connectivity index (χ4v) is 3.51. The Balaban J connectivity index is 1.72. The summed E-state index contributed by atoms with van der Waals surface area (Å²) in [5.41, 5.74) is 6.33. The first-order valence-corrected chi connectivity index (χ1v) is 7.07. The maximum absolute atomic E-state index is 6.33. The molecular formula is C13H24N2O3. The summed E-state index contributed by atoms with van der Waals surface area (Å²) in [5, 5.41) is 0. The van der Waals surface area contributed by atoms with Crippen molar-refractivity contribution in [3.63, 3.8) is 0 Å². The van der Waals surface area contributed by atoms with Crippen molar-refractivity contribution in [1.82, 2.24) is 4.90 Å². The average molecular weight is 256 g/mol. The zero-order chi connectivity index (χ0) is 12.6. The minimum Gasteiger partial charge on any atom is -0.379 e. The van der Waals surface area contributed by atoms with Crippen molar-refractivity contribution >= 4 is 0 Å². The van der Waals surface area contributed by atoms with E-state index in [2.05, 4.69) is 11.8 Å². The highest BCUT2D eigenvalue weighted by Crippen LogP contribution is 2.38. The van der Waals surface area contributed by atoms with Crippen molar-refractivity contribution in [2.24, 2.45) is 5.73 Å². The number of morpholine rings is 1.